The van der Waals surface area contributed by atoms with Gasteiger partial charge in [-0.25, -0.2) is 0 Å². The van der Waals surface area contributed by atoms with Crippen LogP contribution in [-0.2, 0) is 0 Å². The molecule has 16 aromatic rings. The Morgan fingerprint density at radius 3 is 1.07 bits per heavy atom. The second-order valence-corrected chi connectivity index (χ2v) is 27.6. The molecule has 0 aliphatic carbocycles. The first kappa shape index (κ1) is 50.0. The lowest BCUT2D eigenvalue weighted by Crippen LogP contribution is -2.37. The molecule has 83 heavy (non-hydrogen) atoms. The van der Waals surface area contributed by atoms with Crippen molar-refractivity contribution in [2.24, 2.45) is 0 Å². The number of furan rings is 2. The lowest BCUT2D eigenvalue weighted by atomic mass is 9.79. The van der Waals surface area contributed by atoms with E-state index in [1.165, 1.54) is 71.0 Å². The summed E-state index contributed by atoms with van der Waals surface area (Å²) in [5.74, 6) is 0. The summed E-state index contributed by atoms with van der Waals surface area (Å²) in [5.41, 5.74) is 19.6. The van der Waals surface area contributed by atoms with Crippen molar-refractivity contribution in [1.82, 2.24) is 9.13 Å². The highest BCUT2D eigenvalue weighted by Crippen LogP contribution is 2.43. The van der Waals surface area contributed by atoms with E-state index in [1.807, 2.05) is 36.4 Å². The Morgan fingerprint density at radius 2 is 0.651 bits per heavy atom. The van der Waals surface area contributed by atoms with Gasteiger partial charge in [-0.3, -0.25) is 0 Å². The zero-order chi connectivity index (χ0) is 55.9. The maximum absolute atomic E-state index is 9.95. The smallest absolute Gasteiger partial charge is 0.456 e. The Balaban J connectivity index is 0.000000142. The van der Waals surface area contributed by atoms with Gasteiger partial charge in [0.05, 0.1) is 30.1 Å². The number of nitrogens with zero attached hydrogens (tertiary/aromatic N) is 2. The molecule has 16 rings (SSSR count). The van der Waals surface area contributed by atoms with Crippen LogP contribution in [0.3, 0.4) is 0 Å². The van der Waals surface area contributed by atoms with E-state index in [0.29, 0.717) is 11.0 Å². The highest BCUT2D eigenvalue weighted by atomic mass is 28.3. The number of benzene rings is 12. The molecule has 8 heteroatoms. The Labute approximate surface area is 481 Å². The second kappa shape index (κ2) is 19.9. The topological polar surface area (TPSA) is 76.6 Å². The number of hydrogen-bond acceptors (Lipinski definition) is 4. The number of aromatic nitrogens is 2. The van der Waals surface area contributed by atoms with Gasteiger partial charge in [-0.2, -0.15) is 0 Å². The molecule has 0 unspecified atom stereocenters. The lowest BCUT2D eigenvalue weighted by molar-refractivity contribution is 0.425. The monoisotopic (exact) mass is 1090 g/mol. The van der Waals surface area contributed by atoms with E-state index in [1.54, 1.807) is 6.07 Å². The maximum Gasteiger partial charge on any atom is 0.492 e. The molecule has 12 aromatic carbocycles. The molecule has 0 spiro atoms. The first-order chi connectivity index (χ1) is 40.6. The minimum absolute atomic E-state index is 0.361. The minimum Gasteiger partial charge on any atom is -0.456 e. The van der Waals surface area contributed by atoms with Crippen LogP contribution in [0.25, 0.3) is 143 Å². The van der Waals surface area contributed by atoms with Gasteiger partial charge in [0.25, 0.3) is 0 Å². The molecule has 0 fully saturated rings. The standard InChI is InChI=1S/C39H31NOSi.C36H24BNO3/c1-42(2,3)37-19-11-18-32-31-17-10-16-30(38(31)41-39(32)37)28-21-23-36-34(25-28)33-24-27(26-12-6-4-7-13-26)20-22-35(33)40(36)29-14-8-5-9-15-29;39-37(40)32-16-8-15-29-28-14-7-13-27(35(28)41-36(29)32)25-18-20-34-31(22-25)30-21-24(23-9-3-1-4-10-23)17-19-33(30)38(34)26-11-5-2-6-12-26/h4-25H,1-3H3;1-22,39-40H. The van der Waals surface area contributed by atoms with Crippen molar-refractivity contribution < 1.29 is 18.9 Å². The van der Waals surface area contributed by atoms with Gasteiger partial charge >= 0.3 is 7.12 Å². The van der Waals surface area contributed by atoms with Crippen LogP contribution in [0.15, 0.2) is 276 Å². The summed E-state index contributed by atoms with van der Waals surface area (Å²) in [5, 5.41) is 30.3. The first-order valence-electron chi connectivity index (χ1n) is 28.3. The Hall–Kier alpha value is -9.96. The number of hydrogen-bond donors (Lipinski definition) is 2. The Bertz CT molecular complexity index is 5150. The fraction of sp³-hybridized carbons (Fsp3) is 0.0400. The van der Waals surface area contributed by atoms with Gasteiger partial charge in [-0.15, -0.1) is 0 Å². The third-order valence-electron chi connectivity index (χ3n) is 16.6. The van der Waals surface area contributed by atoms with Crippen LogP contribution in [0.2, 0.25) is 19.6 Å². The predicted molar refractivity (Wildman–Crippen MR) is 351 cm³/mol. The highest BCUT2D eigenvalue weighted by Gasteiger charge is 2.25. The molecule has 0 bridgehead atoms. The van der Waals surface area contributed by atoms with Gasteiger partial charge in [0.15, 0.2) is 0 Å². The SMILES string of the molecule is C[Si](C)(C)c1cccc2c1oc1c(-c3ccc4c(c3)c3cc(-c5ccccc5)ccc3n4-c3ccccc3)cccc12.OB(O)c1cccc2c1oc1c(-c3ccc4c(c3)c3cc(-c5ccccc5)ccc3n4-c3ccccc3)cccc12. The van der Waals surface area contributed by atoms with Crippen molar-refractivity contribution in [1.29, 1.82) is 0 Å². The Morgan fingerprint density at radius 1 is 0.301 bits per heavy atom. The molecule has 0 saturated heterocycles. The molecule has 396 valence electrons. The minimum atomic E-state index is -1.61. The molecule has 0 amide bonds. The third-order valence-corrected chi connectivity index (χ3v) is 18.6. The van der Waals surface area contributed by atoms with Crippen molar-refractivity contribution in [2.75, 3.05) is 0 Å². The molecule has 0 atom stereocenters. The summed E-state index contributed by atoms with van der Waals surface area (Å²) in [6.07, 6.45) is 0. The van der Waals surface area contributed by atoms with Crippen molar-refractivity contribution in [3.05, 3.63) is 267 Å². The summed E-state index contributed by atoms with van der Waals surface area (Å²) in [4.78, 5) is 0. The summed E-state index contributed by atoms with van der Waals surface area (Å²) in [6.45, 7) is 7.15. The molecule has 4 heterocycles. The average molecular weight is 1090 g/mol. The molecule has 0 aliphatic rings. The highest BCUT2D eigenvalue weighted by molar-refractivity contribution is 6.90. The van der Waals surface area contributed by atoms with E-state index >= 15 is 0 Å². The van der Waals surface area contributed by atoms with Crippen LogP contribution in [0, 0.1) is 0 Å². The van der Waals surface area contributed by atoms with Gasteiger partial charge < -0.3 is 28.0 Å². The van der Waals surface area contributed by atoms with Crippen LogP contribution in [0.1, 0.15) is 0 Å². The normalized spacial score (nSPS) is 11.9. The third kappa shape index (κ3) is 8.49. The molecule has 0 saturated carbocycles. The van der Waals surface area contributed by atoms with E-state index in [9.17, 15) is 10.0 Å². The zero-order valence-corrected chi connectivity index (χ0v) is 47.1. The fourth-order valence-corrected chi connectivity index (χ4v) is 14.1. The lowest BCUT2D eigenvalue weighted by Gasteiger charge is -2.16. The van der Waals surface area contributed by atoms with Crippen LogP contribution in [0.5, 0.6) is 0 Å². The number of fused-ring (bicyclic) bond motifs is 12. The van der Waals surface area contributed by atoms with Crippen LogP contribution in [-0.4, -0.2) is 34.4 Å². The number of rotatable bonds is 8. The van der Waals surface area contributed by atoms with Gasteiger partial charge in [0.2, 0.25) is 0 Å². The van der Waals surface area contributed by atoms with Crippen molar-refractivity contribution in [3.63, 3.8) is 0 Å². The molecule has 0 radical (unpaired) electrons. The molecule has 6 nitrogen and oxygen atoms in total. The van der Waals surface area contributed by atoms with Crippen molar-refractivity contribution in [3.8, 4) is 55.9 Å². The number of para-hydroxylation sites is 6. The Kier molecular flexibility index (Phi) is 12.0. The summed E-state index contributed by atoms with van der Waals surface area (Å²) >= 11 is 0. The van der Waals surface area contributed by atoms with E-state index in [4.69, 9.17) is 8.83 Å². The van der Waals surface area contributed by atoms with E-state index in [0.717, 1.165) is 72.0 Å². The fourth-order valence-electron chi connectivity index (χ4n) is 12.6. The van der Waals surface area contributed by atoms with Gasteiger partial charge in [0, 0.05) is 71.1 Å². The summed E-state index contributed by atoms with van der Waals surface area (Å²) in [7, 11) is -3.19. The second-order valence-electron chi connectivity index (χ2n) is 22.6. The largest absolute Gasteiger partial charge is 0.492 e. The van der Waals surface area contributed by atoms with Crippen molar-refractivity contribution >= 4 is 113 Å². The van der Waals surface area contributed by atoms with Crippen LogP contribution in [0.4, 0.5) is 0 Å². The molecule has 0 aliphatic heterocycles. The summed E-state index contributed by atoms with van der Waals surface area (Å²) < 4.78 is 17.8. The van der Waals surface area contributed by atoms with Gasteiger partial charge in [-0.05, 0) is 111 Å². The van der Waals surface area contributed by atoms with Crippen LogP contribution < -0.4 is 10.6 Å². The first-order valence-corrected chi connectivity index (χ1v) is 31.8. The van der Waals surface area contributed by atoms with Crippen molar-refractivity contribution in [2.45, 2.75) is 19.6 Å². The van der Waals surface area contributed by atoms with Gasteiger partial charge in [-0.1, -0.05) is 214 Å². The predicted octanol–water partition coefficient (Wildman–Crippen LogP) is 18.3. The maximum atomic E-state index is 9.95. The van der Waals surface area contributed by atoms with E-state index < -0.39 is 15.2 Å². The molecular formula is C75H55BN2O4Si. The quantitative estimate of drug-likeness (QED) is 0.149. The van der Waals surface area contributed by atoms with E-state index in [-0.39, 0.29) is 0 Å². The van der Waals surface area contributed by atoms with Crippen LogP contribution >= 0.6 is 0 Å². The zero-order valence-electron chi connectivity index (χ0n) is 46.1. The van der Waals surface area contributed by atoms with E-state index in [2.05, 4.69) is 253 Å². The molecule has 4 aromatic heterocycles. The summed E-state index contributed by atoms with van der Waals surface area (Å²) in [6, 6.07) is 94.0. The molecular weight excluding hydrogens is 1030 g/mol. The molecule has 2 N–H and O–H groups in total. The van der Waals surface area contributed by atoms with Gasteiger partial charge in [0.1, 0.15) is 22.3 Å². The average Bonchev–Trinajstić information content (AvgIpc) is 4.16.